The summed E-state index contributed by atoms with van der Waals surface area (Å²) in [4.78, 5) is 82.5. The van der Waals surface area contributed by atoms with E-state index in [1.54, 1.807) is 125 Å². The Morgan fingerprint density at radius 1 is 0.308 bits per heavy atom. The van der Waals surface area contributed by atoms with Crippen molar-refractivity contribution in [2.45, 2.75) is 196 Å². The van der Waals surface area contributed by atoms with Crippen LogP contribution in [-0.2, 0) is 68.6 Å². The van der Waals surface area contributed by atoms with Gasteiger partial charge in [-0.05, 0) is 125 Å². The van der Waals surface area contributed by atoms with E-state index in [-0.39, 0.29) is 0 Å². The van der Waals surface area contributed by atoms with Gasteiger partial charge in [0.1, 0.15) is 0 Å². The SMILES string of the molecule is CC(=O)C(OC(C)(C)C)(OC(C)(C)C)C(=O)[O][Al]([O]C(=O)C(OC(C)(C)C)(OC(C)(C)C)C(C)=O)[O]C(=O)C(OC(C)(C)C)(OC(C)(C)C)C(C)=O. The number of carbonyl (C=O) groups excluding carboxylic acids is 6. The highest BCUT2D eigenvalue weighted by molar-refractivity contribution is 6.46. The van der Waals surface area contributed by atoms with E-state index in [0.29, 0.717) is 0 Å². The number of ketones is 3. The molecule has 0 fully saturated rings. The highest BCUT2D eigenvalue weighted by atomic mass is 27.3. The number of hydrogen-bond donors (Lipinski definition) is 0. The molecule has 0 aliphatic carbocycles. The molecular weight excluding hydrogens is 699 g/mol. The maximum atomic E-state index is 14.2. The Morgan fingerprint density at radius 2 is 0.442 bits per heavy atom. The van der Waals surface area contributed by atoms with Crippen LogP contribution in [0.5, 0.6) is 0 Å². The van der Waals surface area contributed by atoms with Gasteiger partial charge in [-0.1, -0.05) is 0 Å². The standard InChI is InChI=1S/3C12H22O5.Al/c3*1-8(13)12(9(14)15,16-10(2,3)4)17-11(5,6)7;/h3*1-7H3,(H,14,15);/q;;;+3/p-3. The van der Waals surface area contributed by atoms with Crippen molar-refractivity contribution in [2.24, 2.45) is 0 Å². The molecule has 0 aliphatic heterocycles. The van der Waals surface area contributed by atoms with Crippen molar-refractivity contribution in [3.63, 3.8) is 0 Å². The van der Waals surface area contributed by atoms with E-state index in [2.05, 4.69) is 0 Å². The minimum atomic E-state index is -4.72. The Morgan fingerprint density at radius 3 is 0.538 bits per heavy atom. The smallest absolute Gasteiger partial charge is 0.546 e. The molecule has 0 aliphatic rings. The van der Waals surface area contributed by atoms with E-state index in [4.69, 9.17) is 39.8 Å². The molecule has 0 spiro atoms. The largest absolute Gasteiger partial charge is 1.20 e. The van der Waals surface area contributed by atoms with Crippen LogP contribution in [0.1, 0.15) is 145 Å². The molecule has 0 atom stereocenters. The van der Waals surface area contributed by atoms with Crippen molar-refractivity contribution < 1.29 is 68.6 Å². The van der Waals surface area contributed by atoms with Crippen LogP contribution < -0.4 is 0 Å². The van der Waals surface area contributed by atoms with Gasteiger partial charge in [0, 0.05) is 20.8 Å². The summed E-state index contributed by atoms with van der Waals surface area (Å²) >= 11 is -4.72. The van der Waals surface area contributed by atoms with E-state index >= 15 is 0 Å². The summed E-state index contributed by atoms with van der Waals surface area (Å²) in [5.74, 6) is -16.0. The predicted octanol–water partition coefficient (Wildman–Crippen LogP) is 5.35. The molecule has 0 aromatic carbocycles. The predicted molar refractivity (Wildman–Crippen MR) is 189 cm³/mol. The molecule has 300 valence electrons. The van der Waals surface area contributed by atoms with Crippen molar-refractivity contribution in [1.29, 1.82) is 0 Å². The molecule has 0 unspecified atom stereocenters. The van der Waals surface area contributed by atoms with E-state index < -0.39 is 101 Å². The molecular formula is C36H63AlO15. The quantitative estimate of drug-likeness (QED) is 0.118. The van der Waals surface area contributed by atoms with Crippen molar-refractivity contribution in [3.8, 4) is 0 Å². The van der Waals surface area contributed by atoms with Crippen LogP contribution >= 0.6 is 0 Å². The lowest BCUT2D eigenvalue weighted by molar-refractivity contribution is -0.293. The first kappa shape index (κ1) is 49.7. The summed E-state index contributed by atoms with van der Waals surface area (Å²) in [6.07, 6.45) is 0. The Balaban J connectivity index is 7.85. The molecule has 0 rings (SSSR count). The third-order valence-corrected chi connectivity index (χ3v) is 6.73. The molecule has 0 bridgehead atoms. The van der Waals surface area contributed by atoms with Crippen LogP contribution in [-0.4, -0.2) is 101 Å². The summed E-state index contributed by atoms with van der Waals surface area (Å²) in [5, 5.41) is 0. The molecule has 0 saturated heterocycles. The Labute approximate surface area is 314 Å². The maximum Gasteiger partial charge on any atom is 1.20 e. The average molecular weight is 763 g/mol. The summed E-state index contributed by atoms with van der Waals surface area (Å²) in [6.45, 7) is 30.8. The van der Waals surface area contributed by atoms with E-state index in [1.807, 2.05) is 0 Å². The van der Waals surface area contributed by atoms with Gasteiger partial charge in [0.25, 0.3) is 0 Å². The lowest BCUT2D eigenvalue weighted by atomic mass is 10.1. The van der Waals surface area contributed by atoms with Gasteiger partial charge in [0.05, 0.1) is 33.6 Å². The molecule has 0 N–H and O–H groups in total. The van der Waals surface area contributed by atoms with Gasteiger partial charge in [-0.3, -0.25) is 14.4 Å². The molecule has 15 nitrogen and oxygen atoms in total. The van der Waals surface area contributed by atoms with Crippen LogP contribution in [0.2, 0.25) is 0 Å². The topological polar surface area (TPSA) is 185 Å². The molecule has 0 saturated carbocycles. The zero-order valence-electron chi connectivity index (χ0n) is 35.2. The molecule has 52 heavy (non-hydrogen) atoms. The normalized spacial score (nSPS) is 14.0. The second-order valence-electron chi connectivity index (χ2n) is 18.3. The summed E-state index contributed by atoms with van der Waals surface area (Å²) in [7, 11) is 0. The Hall–Kier alpha value is -2.29. The first-order chi connectivity index (χ1) is 22.6. The van der Waals surface area contributed by atoms with Gasteiger partial charge in [-0.15, -0.1) is 0 Å². The third-order valence-electron chi connectivity index (χ3n) is 5.51. The maximum absolute atomic E-state index is 14.2. The zero-order valence-corrected chi connectivity index (χ0v) is 36.4. The molecule has 0 radical (unpaired) electrons. The highest BCUT2D eigenvalue weighted by Crippen LogP contribution is 2.34. The van der Waals surface area contributed by atoms with Crippen molar-refractivity contribution in [2.75, 3.05) is 0 Å². The number of hydrogen-bond acceptors (Lipinski definition) is 15. The van der Waals surface area contributed by atoms with Gasteiger partial charge >= 0.3 is 50.4 Å². The molecule has 0 aromatic heterocycles. The minimum absolute atomic E-state index is 0.969. The van der Waals surface area contributed by atoms with Crippen molar-refractivity contribution in [3.05, 3.63) is 0 Å². The number of rotatable bonds is 15. The highest BCUT2D eigenvalue weighted by Gasteiger charge is 2.65. The van der Waals surface area contributed by atoms with Crippen molar-refractivity contribution >= 4 is 50.4 Å². The zero-order chi connectivity index (χ0) is 41.9. The number of carbonyl (C=O) groups is 6. The molecule has 16 heteroatoms. The minimum Gasteiger partial charge on any atom is -0.546 e. The van der Waals surface area contributed by atoms with E-state index in [0.717, 1.165) is 20.8 Å². The second kappa shape index (κ2) is 16.6. The molecule has 0 aromatic rings. The van der Waals surface area contributed by atoms with Crippen LogP contribution in [0, 0.1) is 0 Å². The Kier molecular flexibility index (Phi) is 15.9. The van der Waals surface area contributed by atoms with Gasteiger partial charge in [-0.2, -0.15) is 0 Å². The average Bonchev–Trinajstić information content (AvgIpc) is 2.81. The van der Waals surface area contributed by atoms with Crippen LogP contribution in [0.25, 0.3) is 0 Å². The fourth-order valence-electron chi connectivity index (χ4n) is 4.33. The van der Waals surface area contributed by atoms with E-state index in [1.165, 1.54) is 0 Å². The molecule has 0 heterocycles. The fraction of sp³-hybridized carbons (Fsp3) is 0.833. The lowest BCUT2D eigenvalue weighted by Gasteiger charge is -2.41. The number of Topliss-reactive ketones (excluding diaryl/α,β-unsaturated/α-hetero) is 3. The van der Waals surface area contributed by atoms with Gasteiger partial charge < -0.3 is 39.8 Å². The van der Waals surface area contributed by atoms with Crippen LogP contribution in [0.4, 0.5) is 0 Å². The Bertz CT molecular complexity index is 1120. The summed E-state index contributed by atoms with van der Waals surface area (Å²) in [5.41, 5.74) is -7.27. The number of ether oxygens (including phenoxy) is 6. The lowest BCUT2D eigenvalue weighted by Crippen LogP contribution is -2.62. The molecule has 0 amide bonds. The fourth-order valence-corrected chi connectivity index (χ4v) is 5.46. The second-order valence-corrected chi connectivity index (χ2v) is 19.6. The van der Waals surface area contributed by atoms with Gasteiger partial charge in [-0.25, -0.2) is 14.4 Å². The monoisotopic (exact) mass is 762 g/mol. The van der Waals surface area contributed by atoms with Crippen LogP contribution in [0.15, 0.2) is 0 Å². The van der Waals surface area contributed by atoms with Gasteiger partial charge in [0.15, 0.2) is 0 Å². The van der Waals surface area contributed by atoms with Crippen molar-refractivity contribution in [1.82, 2.24) is 0 Å². The first-order valence-electron chi connectivity index (χ1n) is 17.0. The van der Waals surface area contributed by atoms with E-state index in [9.17, 15) is 28.8 Å². The summed E-state index contributed by atoms with van der Waals surface area (Å²) < 4.78 is 52.1. The third kappa shape index (κ3) is 15.6. The summed E-state index contributed by atoms with van der Waals surface area (Å²) in [6, 6.07) is 0. The van der Waals surface area contributed by atoms with Gasteiger partial charge in [0.2, 0.25) is 17.3 Å². The first-order valence-corrected chi connectivity index (χ1v) is 18.4. The van der Waals surface area contributed by atoms with Crippen LogP contribution in [0.3, 0.4) is 0 Å².